The molecule has 0 radical (unpaired) electrons. The van der Waals surface area contributed by atoms with Crippen LogP contribution >= 0.6 is 0 Å². The van der Waals surface area contributed by atoms with E-state index in [0.29, 0.717) is 30.8 Å². The van der Waals surface area contributed by atoms with Crippen LogP contribution in [0.5, 0.6) is 5.75 Å². The summed E-state index contributed by atoms with van der Waals surface area (Å²) in [6.45, 7) is 5.77. The van der Waals surface area contributed by atoms with E-state index in [1.54, 1.807) is 7.11 Å². The van der Waals surface area contributed by atoms with Crippen LogP contribution in [-0.2, 0) is 20.7 Å². The van der Waals surface area contributed by atoms with Gasteiger partial charge < -0.3 is 19.5 Å². The second-order valence-corrected chi connectivity index (χ2v) is 8.50. The van der Waals surface area contributed by atoms with Gasteiger partial charge >= 0.3 is 0 Å². The highest BCUT2D eigenvalue weighted by molar-refractivity contribution is 5.77. The Balaban J connectivity index is 1.35. The number of carbonyl (C=O) groups excluding carboxylic acids is 1. The number of carbonyl (C=O) groups is 1. The molecule has 1 aromatic rings. The molecule has 4 rings (SSSR count). The van der Waals surface area contributed by atoms with E-state index in [4.69, 9.17) is 14.2 Å². The molecule has 29 heavy (non-hydrogen) atoms. The van der Waals surface area contributed by atoms with Gasteiger partial charge in [-0.15, -0.1) is 0 Å². The Kier molecular flexibility index (Phi) is 7.06. The van der Waals surface area contributed by atoms with E-state index in [1.165, 1.54) is 11.1 Å². The van der Waals surface area contributed by atoms with Crippen LogP contribution in [-0.4, -0.2) is 70.0 Å². The molecule has 0 bridgehead atoms. The van der Waals surface area contributed by atoms with Crippen LogP contribution in [0.25, 0.3) is 0 Å². The van der Waals surface area contributed by atoms with Crippen molar-refractivity contribution in [3.63, 3.8) is 0 Å². The third-order valence-electron chi connectivity index (χ3n) is 6.75. The number of nitrogens with one attached hydrogen (secondary N) is 1. The summed E-state index contributed by atoms with van der Waals surface area (Å²) >= 11 is 0. The van der Waals surface area contributed by atoms with Crippen LogP contribution in [0, 0.1) is 5.92 Å². The predicted molar refractivity (Wildman–Crippen MR) is 111 cm³/mol. The number of nitrogens with zero attached hydrogens (tertiary/aromatic N) is 1. The number of morpholine rings is 1. The van der Waals surface area contributed by atoms with Gasteiger partial charge in [-0.3, -0.25) is 9.69 Å². The van der Waals surface area contributed by atoms with Crippen molar-refractivity contribution in [3.8, 4) is 5.75 Å². The van der Waals surface area contributed by atoms with E-state index in [9.17, 15) is 4.79 Å². The van der Waals surface area contributed by atoms with Crippen LogP contribution in [0.4, 0.5) is 0 Å². The number of hydrogen-bond acceptors (Lipinski definition) is 5. The molecule has 160 valence electrons. The van der Waals surface area contributed by atoms with Crippen LogP contribution in [0.3, 0.4) is 0 Å². The summed E-state index contributed by atoms with van der Waals surface area (Å²) in [5.41, 5.74) is 2.66. The first-order valence-electron chi connectivity index (χ1n) is 11.1. The van der Waals surface area contributed by atoms with E-state index in [0.717, 1.165) is 70.9 Å². The highest BCUT2D eigenvalue weighted by Crippen LogP contribution is 2.35. The fourth-order valence-electron chi connectivity index (χ4n) is 5.10. The molecular formula is C23H34N2O4. The molecule has 3 unspecified atom stereocenters. The second kappa shape index (κ2) is 9.92. The summed E-state index contributed by atoms with van der Waals surface area (Å²) in [7, 11) is 1.70. The van der Waals surface area contributed by atoms with Crippen molar-refractivity contribution in [2.75, 3.05) is 53.2 Å². The molecule has 0 spiro atoms. The van der Waals surface area contributed by atoms with Gasteiger partial charge in [0.05, 0.1) is 26.9 Å². The molecule has 2 aliphatic heterocycles. The van der Waals surface area contributed by atoms with E-state index >= 15 is 0 Å². The van der Waals surface area contributed by atoms with Gasteiger partial charge in [-0.1, -0.05) is 6.07 Å². The number of benzene rings is 1. The summed E-state index contributed by atoms with van der Waals surface area (Å²) < 4.78 is 16.5. The number of methoxy groups -OCH3 is 1. The summed E-state index contributed by atoms with van der Waals surface area (Å²) in [4.78, 5) is 15.3. The zero-order valence-corrected chi connectivity index (χ0v) is 17.5. The van der Waals surface area contributed by atoms with Gasteiger partial charge in [0.2, 0.25) is 5.91 Å². The topological polar surface area (TPSA) is 60.0 Å². The molecular weight excluding hydrogens is 368 g/mol. The fraction of sp³-hybridized carbons (Fsp3) is 0.696. The molecule has 3 aliphatic rings. The van der Waals surface area contributed by atoms with Crippen LogP contribution in [0.1, 0.15) is 42.7 Å². The highest BCUT2D eigenvalue weighted by atomic mass is 16.5. The zero-order valence-electron chi connectivity index (χ0n) is 17.5. The summed E-state index contributed by atoms with van der Waals surface area (Å²) in [6.07, 6.45) is 4.93. The van der Waals surface area contributed by atoms with Crippen molar-refractivity contribution in [2.45, 2.75) is 44.1 Å². The van der Waals surface area contributed by atoms with E-state index in [2.05, 4.69) is 22.3 Å². The Morgan fingerprint density at radius 2 is 2.10 bits per heavy atom. The second-order valence-electron chi connectivity index (χ2n) is 8.50. The molecule has 2 saturated heterocycles. The molecule has 6 heteroatoms. The van der Waals surface area contributed by atoms with Gasteiger partial charge in [0, 0.05) is 44.6 Å². The van der Waals surface area contributed by atoms with Crippen LogP contribution in [0.2, 0.25) is 0 Å². The zero-order chi connectivity index (χ0) is 20.1. The number of fused-ring (bicyclic) bond motifs is 1. The largest absolute Gasteiger partial charge is 0.497 e. The van der Waals surface area contributed by atoms with Gasteiger partial charge in [-0.25, -0.2) is 0 Å². The quantitative estimate of drug-likeness (QED) is 0.759. The first-order valence-corrected chi connectivity index (χ1v) is 11.1. The first kappa shape index (κ1) is 20.6. The minimum absolute atomic E-state index is 0.163. The Hall–Kier alpha value is -1.63. The molecule has 1 amide bonds. The lowest BCUT2D eigenvalue weighted by Crippen LogP contribution is -2.52. The number of aryl methyl sites for hydroxylation is 1. The van der Waals surface area contributed by atoms with Gasteiger partial charge in [0.25, 0.3) is 0 Å². The third kappa shape index (κ3) is 5.11. The fourth-order valence-corrected chi connectivity index (χ4v) is 5.10. The molecule has 0 saturated carbocycles. The minimum atomic E-state index is 0.163. The van der Waals surface area contributed by atoms with E-state index in [-0.39, 0.29) is 5.91 Å². The molecule has 0 aromatic heterocycles. The van der Waals surface area contributed by atoms with Crippen molar-refractivity contribution < 1.29 is 19.0 Å². The molecule has 1 N–H and O–H groups in total. The Morgan fingerprint density at radius 1 is 1.24 bits per heavy atom. The van der Waals surface area contributed by atoms with E-state index in [1.807, 2.05) is 6.07 Å². The lowest BCUT2D eigenvalue weighted by atomic mass is 9.81. The first-order chi connectivity index (χ1) is 14.2. The molecule has 1 aliphatic carbocycles. The van der Waals surface area contributed by atoms with Crippen LogP contribution < -0.4 is 10.1 Å². The Labute approximate surface area is 173 Å². The minimum Gasteiger partial charge on any atom is -0.497 e. The average Bonchev–Trinajstić information content (AvgIpc) is 3.29. The van der Waals surface area contributed by atoms with Gasteiger partial charge in [0.15, 0.2) is 0 Å². The lowest BCUT2D eigenvalue weighted by Gasteiger charge is -2.37. The smallest absolute Gasteiger partial charge is 0.220 e. The van der Waals surface area contributed by atoms with Gasteiger partial charge in [-0.05, 0) is 54.9 Å². The number of hydrogen-bond donors (Lipinski definition) is 1. The molecule has 1 aromatic carbocycles. The summed E-state index contributed by atoms with van der Waals surface area (Å²) in [6, 6.07) is 6.64. The van der Waals surface area contributed by atoms with Gasteiger partial charge in [0.1, 0.15) is 5.75 Å². The normalized spacial score (nSPS) is 26.0. The number of rotatable bonds is 7. The van der Waals surface area contributed by atoms with Crippen LogP contribution in [0.15, 0.2) is 18.2 Å². The van der Waals surface area contributed by atoms with Gasteiger partial charge in [-0.2, -0.15) is 0 Å². The maximum Gasteiger partial charge on any atom is 0.220 e. The average molecular weight is 403 g/mol. The predicted octanol–water partition coefficient (Wildman–Crippen LogP) is 2.36. The number of ether oxygens (including phenoxy) is 3. The maximum absolute atomic E-state index is 12.8. The summed E-state index contributed by atoms with van der Waals surface area (Å²) in [5.74, 6) is 1.87. The van der Waals surface area contributed by atoms with Crippen molar-refractivity contribution in [1.82, 2.24) is 10.2 Å². The van der Waals surface area contributed by atoms with Crippen molar-refractivity contribution in [1.29, 1.82) is 0 Å². The standard InChI is InChI=1S/C23H34N2O4/c1-27-20-5-6-21-17(13-20)3-2-4-18(21)14-23(26)24-15-22(19-7-10-29-16-19)25-8-11-28-12-9-25/h5-6,13,18-19,22H,2-4,7-12,14-16H2,1H3,(H,24,26). The summed E-state index contributed by atoms with van der Waals surface area (Å²) in [5, 5.41) is 3.26. The SMILES string of the molecule is COc1ccc2c(c1)CCCC2CC(=O)NCC(C1CCOC1)N1CCOCC1. The Morgan fingerprint density at radius 3 is 2.86 bits per heavy atom. The molecule has 6 nitrogen and oxygen atoms in total. The monoisotopic (exact) mass is 402 g/mol. The van der Waals surface area contributed by atoms with E-state index < -0.39 is 0 Å². The van der Waals surface area contributed by atoms with Crippen molar-refractivity contribution in [3.05, 3.63) is 29.3 Å². The third-order valence-corrected chi connectivity index (χ3v) is 6.75. The lowest BCUT2D eigenvalue weighted by molar-refractivity contribution is -0.122. The van der Waals surface area contributed by atoms with Crippen molar-refractivity contribution >= 4 is 5.91 Å². The Bertz CT molecular complexity index is 683. The number of amides is 1. The highest BCUT2D eigenvalue weighted by Gasteiger charge is 2.32. The molecule has 2 heterocycles. The van der Waals surface area contributed by atoms with Crippen molar-refractivity contribution in [2.24, 2.45) is 5.92 Å². The molecule has 3 atom stereocenters. The maximum atomic E-state index is 12.8. The molecule has 2 fully saturated rings.